The van der Waals surface area contributed by atoms with Gasteiger partial charge in [0.1, 0.15) is 5.01 Å². The van der Waals surface area contributed by atoms with Gasteiger partial charge in [0.25, 0.3) is 5.91 Å². The molecule has 0 aliphatic heterocycles. The van der Waals surface area contributed by atoms with E-state index >= 15 is 0 Å². The van der Waals surface area contributed by atoms with E-state index in [4.69, 9.17) is 11.6 Å². The molecule has 1 aromatic heterocycles. The molecule has 0 saturated heterocycles. The topological polar surface area (TPSA) is 42.0 Å². The van der Waals surface area contributed by atoms with E-state index in [1.54, 1.807) is 23.5 Å². The van der Waals surface area contributed by atoms with E-state index in [1.165, 1.54) is 4.88 Å². The highest BCUT2D eigenvalue weighted by atomic mass is 127. The van der Waals surface area contributed by atoms with Gasteiger partial charge in [0, 0.05) is 20.2 Å². The summed E-state index contributed by atoms with van der Waals surface area (Å²) in [6, 6.07) is 5.27. The van der Waals surface area contributed by atoms with Gasteiger partial charge in [0.05, 0.1) is 11.6 Å². The van der Waals surface area contributed by atoms with Gasteiger partial charge in [-0.05, 0) is 47.2 Å². The van der Waals surface area contributed by atoms with Crippen molar-refractivity contribution in [2.24, 2.45) is 0 Å². The Labute approximate surface area is 134 Å². The molecule has 3 nitrogen and oxygen atoms in total. The highest BCUT2D eigenvalue weighted by Crippen LogP contribution is 2.19. The first-order chi connectivity index (χ1) is 9.10. The second-order valence-corrected chi connectivity index (χ2v) is 6.65. The number of hydrogen-bond donors (Lipinski definition) is 1. The number of nitrogens with one attached hydrogen (secondary N) is 1. The monoisotopic (exact) mass is 406 g/mol. The molecule has 1 amide bonds. The van der Waals surface area contributed by atoms with Gasteiger partial charge in [-0.2, -0.15) is 0 Å². The molecule has 0 atom stereocenters. The molecule has 0 spiro atoms. The summed E-state index contributed by atoms with van der Waals surface area (Å²) in [6.45, 7) is 2.54. The first-order valence-electron chi connectivity index (χ1n) is 5.77. The van der Waals surface area contributed by atoms with Crippen LogP contribution in [-0.4, -0.2) is 10.9 Å². The molecule has 100 valence electrons. The average molecular weight is 407 g/mol. The summed E-state index contributed by atoms with van der Waals surface area (Å²) in [7, 11) is 0. The maximum absolute atomic E-state index is 12.0. The Morgan fingerprint density at radius 1 is 1.53 bits per heavy atom. The Morgan fingerprint density at radius 3 is 2.95 bits per heavy atom. The fourth-order valence-corrected chi connectivity index (χ4v) is 2.81. The SMILES string of the molecule is CCc1cnc(CNC(=O)c2ccc(I)c(Cl)c2)s1. The van der Waals surface area contributed by atoms with Crippen molar-refractivity contribution in [3.05, 3.63) is 48.4 Å². The van der Waals surface area contributed by atoms with Gasteiger partial charge in [-0.25, -0.2) is 4.98 Å². The number of nitrogens with zero attached hydrogens (tertiary/aromatic N) is 1. The molecule has 19 heavy (non-hydrogen) atoms. The number of rotatable bonds is 4. The van der Waals surface area contributed by atoms with Crippen molar-refractivity contribution in [1.82, 2.24) is 10.3 Å². The van der Waals surface area contributed by atoms with Crippen LogP contribution in [-0.2, 0) is 13.0 Å². The van der Waals surface area contributed by atoms with Crippen LogP contribution in [0.4, 0.5) is 0 Å². The molecule has 1 aromatic carbocycles. The predicted molar refractivity (Wildman–Crippen MR) is 86.8 cm³/mol. The zero-order valence-electron chi connectivity index (χ0n) is 10.2. The maximum Gasteiger partial charge on any atom is 0.251 e. The summed E-state index contributed by atoms with van der Waals surface area (Å²) in [6.07, 6.45) is 2.83. The summed E-state index contributed by atoms with van der Waals surface area (Å²) < 4.78 is 0.934. The van der Waals surface area contributed by atoms with Crippen molar-refractivity contribution < 1.29 is 4.79 Å². The van der Waals surface area contributed by atoms with E-state index in [-0.39, 0.29) is 5.91 Å². The lowest BCUT2D eigenvalue weighted by Crippen LogP contribution is -2.22. The van der Waals surface area contributed by atoms with Crippen molar-refractivity contribution in [3.8, 4) is 0 Å². The molecule has 2 aromatic rings. The van der Waals surface area contributed by atoms with Gasteiger partial charge in [0.2, 0.25) is 0 Å². The number of carbonyl (C=O) groups is 1. The molecule has 6 heteroatoms. The highest BCUT2D eigenvalue weighted by Gasteiger charge is 2.08. The molecule has 1 N–H and O–H groups in total. The quantitative estimate of drug-likeness (QED) is 0.783. The van der Waals surface area contributed by atoms with E-state index in [9.17, 15) is 4.79 Å². The fraction of sp³-hybridized carbons (Fsp3) is 0.231. The first kappa shape index (κ1) is 14.7. The number of aromatic nitrogens is 1. The summed E-state index contributed by atoms with van der Waals surface area (Å²) >= 11 is 9.75. The molecular weight excluding hydrogens is 395 g/mol. The maximum atomic E-state index is 12.0. The van der Waals surface area contributed by atoms with Gasteiger partial charge in [-0.15, -0.1) is 11.3 Å². The number of benzene rings is 1. The van der Waals surface area contributed by atoms with Crippen LogP contribution in [0.1, 0.15) is 27.2 Å². The number of thiazole rings is 1. The standard InChI is InChI=1S/C13H12ClIN2OS/c1-2-9-6-16-12(19-9)7-17-13(18)8-3-4-11(15)10(14)5-8/h3-6H,2,7H2,1H3,(H,17,18). The first-order valence-corrected chi connectivity index (χ1v) is 8.04. The van der Waals surface area contributed by atoms with Crippen LogP contribution in [0.3, 0.4) is 0 Å². The number of hydrogen-bond acceptors (Lipinski definition) is 3. The molecular formula is C13H12ClIN2OS. The highest BCUT2D eigenvalue weighted by molar-refractivity contribution is 14.1. The smallest absolute Gasteiger partial charge is 0.251 e. The van der Waals surface area contributed by atoms with Crippen molar-refractivity contribution in [2.45, 2.75) is 19.9 Å². The Balaban J connectivity index is 1.99. The second kappa shape index (κ2) is 6.67. The molecule has 0 bridgehead atoms. The lowest BCUT2D eigenvalue weighted by Gasteiger charge is -2.04. The van der Waals surface area contributed by atoms with Crippen molar-refractivity contribution in [3.63, 3.8) is 0 Å². The number of aryl methyl sites for hydroxylation is 1. The minimum Gasteiger partial charge on any atom is -0.346 e. The zero-order chi connectivity index (χ0) is 13.8. The van der Waals surface area contributed by atoms with Crippen molar-refractivity contribution >= 4 is 51.4 Å². The van der Waals surface area contributed by atoms with Gasteiger partial charge in [-0.3, -0.25) is 4.79 Å². The predicted octanol–water partition coefficient (Wildman–Crippen LogP) is 3.89. The molecule has 0 saturated carbocycles. The van der Waals surface area contributed by atoms with Crippen molar-refractivity contribution in [2.75, 3.05) is 0 Å². The van der Waals surface area contributed by atoms with E-state index in [0.717, 1.165) is 15.0 Å². The van der Waals surface area contributed by atoms with Crippen LogP contribution in [0, 0.1) is 3.57 Å². The summed E-state index contributed by atoms with van der Waals surface area (Å²) in [4.78, 5) is 17.4. The van der Waals surface area contributed by atoms with Crippen LogP contribution >= 0.6 is 45.5 Å². The second-order valence-electron chi connectivity index (χ2n) is 3.89. The molecule has 0 aliphatic carbocycles. The van der Waals surface area contributed by atoms with Crippen molar-refractivity contribution in [1.29, 1.82) is 0 Å². The molecule has 2 rings (SSSR count). The lowest BCUT2D eigenvalue weighted by molar-refractivity contribution is 0.0951. The summed E-state index contributed by atoms with van der Waals surface area (Å²) in [5.41, 5.74) is 0.567. The van der Waals surface area contributed by atoms with E-state index < -0.39 is 0 Å². The number of amides is 1. The lowest BCUT2D eigenvalue weighted by atomic mass is 10.2. The largest absolute Gasteiger partial charge is 0.346 e. The normalized spacial score (nSPS) is 10.5. The number of halogens is 2. The Hall–Kier alpha value is -0.660. The van der Waals surface area contributed by atoms with Crippen LogP contribution in [0.25, 0.3) is 0 Å². The Morgan fingerprint density at radius 2 is 2.32 bits per heavy atom. The van der Waals surface area contributed by atoms with E-state index in [2.05, 4.69) is 39.8 Å². The van der Waals surface area contributed by atoms with E-state index in [0.29, 0.717) is 17.1 Å². The van der Waals surface area contributed by atoms with E-state index in [1.807, 2.05) is 12.3 Å². The number of carbonyl (C=O) groups excluding carboxylic acids is 1. The Kier molecular flexibility index (Phi) is 5.18. The third-order valence-corrected chi connectivity index (χ3v) is 5.25. The van der Waals surface area contributed by atoms with Gasteiger partial charge < -0.3 is 5.32 Å². The minimum atomic E-state index is -0.133. The molecule has 0 aliphatic rings. The average Bonchev–Trinajstić information content (AvgIpc) is 2.87. The fourth-order valence-electron chi connectivity index (χ4n) is 1.49. The minimum absolute atomic E-state index is 0.133. The van der Waals surface area contributed by atoms with Crippen LogP contribution in [0.15, 0.2) is 24.4 Å². The van der Waals surface area contributed by atoms with Crippen LogP contribution in [0.2, 0.25) is 5.02 Å². The Bertz CT molecular complexity index is 600. The van der Waals surface area contributed by atoms with Gasteiger partial charge >= 0.3 is 0 Å². The van der Waals surface area contributed by atoms with Crippen LogP contribution < -0.4 is 5.32 Å². The molecule has 0 radical (unpaired) electrons. The summed E-state index contributed by atoms with van der Waals surface area (Å²) in [5.74, 6) is -0.133. The van der Waals surface area contributed by atoms with Crippen LogP contribution in [0.5, 0.6) is 0 Å². The summed E-state index contributed by atoms with van der Waals surface area (Å²) in [5, 5.41) is 4.36. The molecule has 1 heterocycles. The van der Waals surface area contributed by atoms with Gasteiger partial charge in [0.15, 0.2) is 0 Å². The third kappa shape index (κ3) is 3.90. The molecule has 0 unspecified atom stereocenters. The molecule has 0 fully saturated rings. The zero-order valence-corrected chi connectivity index (χ0v) is 14.0. The third-order valence-electron chi connectivity index (χ3n) is 2.53. The van der Waals surface area contributed by atoms with Gasteiger partial charge in [-0.1, -0.05) is 18.5 Å².